The fourth-order valence-electron chi connectivity index (χ4n) is 3.63. The molecular formula is C15H30N2O. The molecule has 0 radical (unpaired) electrons. The summed E-state index contributed by atoms with van der Waals surface area (Å²) < 4.78 is 5.97. The smallest absolute Gasteiger partial charge is 0.0666 e. The van der Waals surface area contributed by atoms with Crippen molar-refractivity contribution in [1.82, 2.24) is 4.90 Å². The van der Waals surface area contributed by atoms with Crippen LogP contribution in [0.5, 0.6) is 0 Å². The predicted octanol–water partition coefficient (Wildman–Crippen LogP) is 2.54. The number of ether oxygens (including phenoxy) is 1. The third-order valence-corrected chi connectivity index (χ3v) is 4.99. The third kappa shape index (κ3) is 3.06. The van der Waals surface area contributed by atoms with Crippen LogP contribution in [-0.2, 0) is 4.74 Å². The Morgan fingerprint density at radius 3 is 2.83 bits per heavy atom. The maximum Gasteiger partial charge on any atom is 0.0666 e. The highest BCUT2D eigenvalue weighted by molar-refractivity contribution is 4.93. The van der Waals surface area contributed by atoms with E-state index in [1.807, 2.05) is 0 Å². The second-order valence-electron chi connectivity index (χ2n) is 6.46. The van der Waals surface area contributed by atoms with E-state index < -0.39 is 0 Å². The molecule has 0 bridgehead atoms. The van der Waals surface area contributed by atoms with Crippen molar-refractivity contribution in [3.05, 3.63) is 0 Å². The number of nitrogens with zero attached hydrogens (tertiary/aromatic N) is 1. The van der Waals surface area contributed by atoms with Gasteiger partial charge in [-0.1, -0.05) is 13.3 Å². The molecule has 2 heterocycles. The lowest BCUT2D eigenvalue weighted by Crippen LogP contribution is -2.56. The van der Waals surface area contributed by atoms with Crippen LogP contribution in [0, 0.1) is 0 Å². The van der Waals surface area contributed by atoms with Gasteiger partial charge in [0.2, 0.25) is 0 Å². The first kappa shape index (κ1) is 14.3. The van der Waals surface area contributed by atoms with E-state index >= 15 is 0 Å². The summed E-state index contributed by atoms with van der Waals surface area (Å²) in [5, 5.41) is 0. The minimum absolute atomic E-state index is 0.0861. The Balaban J connectivity index is 2.04. The number of likely N-dealkylation sites (tertiary alicyclic amines) is 1. The second kappa shape index (κ2) is 5.89. The predicted molar refractivity (Wildman–Crippen MR) is 75.7 cm³/mol. The Kier molecular flexibility index (Phi) is 4.68. The first-order valence-corrected chi connectivity index (χ1v) is 7.71. The fraction of sp³-hybridized carbons (Fsp3) is 1.00. The molecule has 2 fully saturated rings. The van der Waals surface area contributed by atoms with E-state index in [9.17, 15) is 0 Å². The number of rotatable bonds is 3. The molecule has 0 saturated carbocycles. The van der Waals surface area contributed by atoms with E-state index in [1.54, 1.807) is 0 Å². The van der Waals surface area contributed by atoms with Crippen LogP contribution in [0.2, 0.25) is 0 Å². The summed E-state index contributed by atoms with van der Waals surface area (Å²) in [6.07, 6.45) is 7.42. The molecule has 0 aliphatic carbocycles. The van der Waals surface area contributed by atoms with E-state index in [0.29, 0.717) is 18.1 Å². The lowest BCUT2D eigenvalue weighted by molar-refractivity contribution is -0.106. The molecule has 0 aromatic heterocycles. The maximum atomic E-state index is 6.19. The Morgan fingerprint density at radius 1 is 1.39 bits per heavy atom. The van der Waals surface area contributed by atoms with Crippen molar-refractivity contribution in [2.24, 2.45) is 5.73 Å². The summed E-state index contributed by atoms with van der Waals surface area (Å²) in [6.45, 7) is 8.82. The van der Waals surface area contributed by atoms with Gasteiger partial charge >= 0.3 is 0 Å². The van der Waals surface area contributed by atoms with E-state index in [0.717, 1.165) is 13.0 Å². The van der Waals surface area contributed by atoms with Crippen LogP contribution < -0.4 is 5.73 Å². The van der Waals surface area contributed by atoms with Crippen LogP contribution in [0.25, 0.3) is 0 Å². The lowest BCUT2D eigenvalue weighted by atomic mass is 9.86. The second-order valence-corrected chi connectivity index (χ2v) is 6.46. The fourth-order valence-corrected chi connectivity index (χ4v) is 3.63. The highest BCUT2D eigenvalue weighted by Crippen LogP contribution is 2.33. The van der Waals surface area contributed by atoms with E-state index in [-0.39, 0.29) is 5.60 Å². The van der Waals surface area contributed by atoms with Crippen molar-refractivity contribution in [1.29, 1.82) is 0 Å². The molecule has 3 heteroatoms. The molecule has 0 amide bonds. The molecule has 4 unspecified atom stereocenters. The van der Waals surface area contributed by atoms with Gasteiger partial charge in [0, 0.05) is 24.7 Å². The van der Waals surface area contributed by atoms with Gasteiger partial charge in [-0.25, -0.2) is 0 Å². The zero-order valence-corrected chi connectivity index (χ0v) is 12.3. The van der Waals surface area contributed by atoms with Crippen LogP contribution in [-0.4, -0.2) is 41.8 Å². The summed E-state index contributed by atoms with van der Waals surface area (Å²) in [4.78, 5) is 2.70. The zero-order chi connectivity index (χ0) is 13.2. The van der Waals surface area contributed by atoms with Crippen molar-refractivity contribution in [3.63, 3.8) is 0 Å². The van der Waals surface area contributed by atoms with Gasteiger partial charge < -0.3 is 10.5 Å². The summed E-state index contributed by atoms with van der Waals surface area (Å²) in [7, 11) is 0. The van der Waals surface area contributed by atoms with Gasteiger partial charge in [0.1, 0.15) is 0 Å². The molecule has 2 saturated heterocycles. The molecular weight excluding hydrogens is 224 g/mol. The summed E-state index contributed by atoms with van der Waals surface area (Å²) in [5.41, 5.74) is 6.28. The minimum atomic E-state index is 0.0861. The van der Waals surface area contributed by atoms with Crippen LogP contribution in [0.4, 0.5) is 0 Å². The number of hydrogen-bond donors (Lipinski definition) is 1. The number of nitrogens with two attached hydrogens (primary N) is 1. The largest absolute Gasteiger partial charge is 0.375 e. The van der Waals surface area contributed by atoms with Gasteiger partial charge in [0.15, 0.2) is 0 Å². The van der Waals surface area contributed by atoms with Gasteiger partial charge in [0.25, 0.3) is 0 Å². The normalized spacial score (nSPS) is 40.7. The van der Waals surface area contributed by atoms with E-state index in [4.69, 9.17) is 10.5 Å². The summed E-state index contributed by atoms with van der Waals surface area (Å²) in [5.74, 6) is 0. The van der Waals surface area contributed by atoms with Gasteiger partial charge in [-0.15, -0.1) is 0 Å². The molecule has 0 aromatic rings. The Labute approximate surface area is 112 Å². The summed E-state index contributed by atoms with van der Waals surface area (Å²) >= 11 is 0. The zero-order valence-electron chi connectivity index (χ0n) is 12.3. The lowest BCUT2D eigenvalue weighted by Gasteiger charge is -2.48. The van der Waals surface area contributed by atoms with Crippen molar-refractivity contribution < 1.29 is 4.74 Å². The van der Waals surface area contributed by atoms with E-state index in [2.05, 4.69) is 25.7 Å². The first-order chi connectivity index (χ1) is 8.56. The average Bonchev–Trinajstić information content (AvgIpc) is 2.39. The number of piperidine rings is 1. The summed E-state index contributed by atoms with van der Waals surface area (Å²) in [6, 6.07) is 1.56. The SMILES string of the molecule is CCC1(C)CC(N2CCCCC2C(C)N)CCO1. The van der Waals surface area contributed by atoms with Crippen LogP contribution in [0.15, 0.2) is 0 Å². The quantitative estimate of drug-likeness (QED) is 0.841. The van der Waals surface area contributed by atoms with Gasteiger partial charge in [-0.2, -0.15) is 0 Å². The molecule has 18 heavy (non-hydrogen) atoms. The molecule has 2 N–H and O–H groups in total. The van der Waals surface area contributed by atoms with Crippen molar-refractivity contribution in [2.75, 3.05) is 13.2 Å². The maximum absolute atomic E-state index is 6.19. The molecule has 2 aliphatic rings. The molecule has 2 aliphatic heterocycles. The third-order valence-electron chi connectivity index (χ3n) is 4.99. The van der Waals surface area contributed by atoms with E-state index in [1.165, 1.54) is 38.6 Å². The molecule has 0 aromatic carbocycles. The van der Waals surface area contributed by atoms with Crippen LogP contribution in [0.1, 0.15) is 59.3 Å². The molecule has 106 valence electrons. The molecule has 4 atom stereocenters. The first-order valence-electron chi connectivity index (χ1n) is 7.71. The van der Waals surface area contributed by atoms with Crippen molar-refractivity contribution >= 4 is 0 Å². The van der Waals surface area contributed by atoms with Gasteiger partial charge in [0.05, 0.1) is 5.60 Å². The van der Waals surface area contributed by atoms with Crippen LogP contribution in [0.3, 0.4) is 0 Å². The van der Waals surface area contributed by atoms with Gasteiger partial charge in [-0.05, 0) is 52.5 Å². The highest BCUT2D eigenvalue weighted by Gasteiger charge is 2.38. The standard InChI is InChI=1S/C15H30N2O/c1-4-15(3)11-13(8-10-18-15)17-9-6-5-7-14(17)12(2)16/h12-14H,4-11,16H2,1-3H3. The Morgan fingerprint density at radius 2 is 2.17 bits per heavy atom. The molecule has 0 spiro atoms. The molecule has 2 rings (SSSR count). The van der Waals surface area contributed by atoms with Gasteiger partial charge in [-0.3, -0.25) is 4.90 Å². The van der Waals surface area contributed by atoms with Crippen LogP contribution >= 0.6 is 0 Å². The monoisotopic (exact) mass is 254 g/mol. The highest BCUT2D eigenvalue weighted by atomic mass is 16.5. The minimum Gasteiger partial charge on any atom is -0.375 e. The van der Waals surface area contributed by atoms with Crippen molar-refractivity contribution in [2.45, 2.75) is 83.0 Å². The number of hydrogen-bond acceptors (Lipinski definition) is 3. The molecule has 3 nitrogen and oxygen atoms in total. The topological polar surface area (TPSA) is 38.5 Å². The average molecular weight is 254 g/mol. The Bertz CT molecular complexity index is 269. The van der Waals surface area contributed by atoms with Crippen molar-refractivity contribution in [3.8, 4) is 0 Å². The Hall–Kier alpha value is -0.120.